The van der Waals surface area contributed by atoms with Gasteiger partial charge in [-0.25, -0.2) is 4.39 Å². The minimum Gasteiger partial charge on any atom is -0.497 e. The van der Waals surface area contributed by atoms with Crippen LogP contribution in [0.2, 0.25) is 0 Å². The van der Waals surface area contributed by atoms with Crippen LogP contribution in [0.1, 0.15) is 35.2 Å². The zero-order chi connectivity index (χ0) is 22.5. The smallest absolute Gasteiger partial charge is 0.255 e. The van der Waals surface area contributed by atoms with Crippen LogP contribution in [0.3, 0.4) is 0 Å². The predicted octanol–water partition coefficient (Wildman–Crippen LogP) is 3.54. The summed E-state index contributed by atoms with van der Waals surface area (Å²) in [7, 11) is 1.61. The van der Waals surface area contributed by atoms with E-state index in [1.54, 1.807) is 19.2 Å². The van der Waals surface area contributed by atoms with E-state index in [-0.39, 0.29) is 23.7 Å². The lowest BCUT2D eigenvalue weighted by molar-refractivity contribution is -0.131. The number of nitrogens with zero attached hydrogens (tertiary/aromatic N) is 2. The van der Waals surface area contributed by atoms with Crippen LogP contribution in [0.4, 0.5) is 4.39 Å². The Hall–Kier alpha value is -3.68. The first kappa shape index (κ1) is 21.5. The van der Waals surface area contributed by atoms with E-state index < -0.39 is 0 Å². The van der Waals surface area contributed by atoms with Gasteiger partial charge < -0.3 is 15.0 Å². The van der Waals surface area contributed by atoms with Crippen LogP contribution in [0, 0.1) is 5.82 Å². The Kier molecular flexibility index (Phi) is 6.49. The maximum Gasteiger partial charge on any atom is 0.255 e. The van der Waals surface area contributed by atoms with Gasteiger partial charge in [-0.3, -0.25) is 14.7 Å². The predicted molar refractivity (Wildman–Crippen MR) is 117 cm³/mol. The van der Waals surface area contributed by atoms with Crippen molar-refractivity contribution in [2.45, 2.75) is 31.8 Å². The number of benzene rings is 2. The highest BCUT2D eigenvalue weighted by Gasteiger charge is 2.25. The molecule has 1 atom stereocenters. The number of amides is 2. The number of aromatic amines is 1. The minimum atomic E-state index is -0.387. The quantitative estimate of drug-likeness (QED) is 0.619. The molecule has 0 bridgehead atoms. The largest absolute Gasteiger partial charge is 0.497 e. The van der Waals surface area contributed by atoms with E-state index in [9.17, 15) is 14.0 Å². The molecule has 3 aromatic rings. The fourth-order valence-electron chi connectivity index (χ4n) is 3.92. The van der Waals surface area contributed by atoms with Crippen LogP contribution < -0.4 is 10.1 Å². The van der Waals surface area contributed by atoms with Crippen molar-refractivity contribution < 1.29 is 18.7 Å². The van der Waals surface area contributed by atoms with Gasteiger partial charge in [0.05, 0.1) is 24.6 Å². The molecule has 7 nitrogen and oxygen atoms in total. The van der Waals surface area contributed by atoms with Crippen molar-refractivity contribution in [3.63, 3.8) is 0 Å². The number of carbonyl (C=O) groups is 2. The van der Waals surface area contributed by atoms with E-state index in [1.807, 2.05) is 29.2 Å². The lowest BCUT2D eigenvalue weighted by Gasteiger charge is -2.21. The molecule has 0 spiro atoms. The molecule has 1 aromatic heterocycles. The first-order valence-corrected chi connectivity index (χ1v) is 10.5. The van der Waals surface area contributed by atoms with Gasteiger partial charge in [-0.15, -0.1) is 0 Å². The van der Waals surface area contributed by atoms with Crippen molar-refractivity contribution in [1.29, 1.82) is 0 Å². The highest BCUT2D eigenvalue weighted by atomic mass is 19.1. The molecule has 1 aliphatic heterocycles. The van der Waals surface area contributed by atoms with Crippen molar-refractivity contribution in [2.24, 2.45) is 0 Å². The standard InChI is InChI=1S/C24H25FN4O3/c1-32-20-7-2-4-16(12-20)15-29-11-10-19(8-9-22(29)30)27-24(31)21-14-26-28-23(21)17-5-3-6-18(25)13-17/h2-7,12-14,19H,8-11,15H2,1H3,(H,26,28)(H,27,31). The van der Waals surface area contributed by atoms with E-state index >= 15 is 0 Å². The fraction of sp³-hybridized carbons (Fsp3) is 0.292. The molecule has 32 heavy (non-hydrogen) atoms. The van der Waals surface area contributed by atoms with Crippen molar-refractivity contribution in [3.05, 3.63) is 71.7 Å². The van der Waals surface area contributed by atoms with Gasteiger partial charge in [0.25, 0.3) is 5.91 Å². The van der Waals surface area contributed by atoms with Gasteiger partial charge in [0.2, 0.25) is 5.91 Å². The third-order valence-electron chi connectivity index (χ3n) is 5.65. The van der Waals surface area contributed by atoms with Gasteiger partial charge >= 0.3 is 0 Å². The summed E-state index contributed by atoms with van der Waals surface area (Å²) in [5.41, 5.74) is 2.36. The fourth-order valence-corrected chi connectivity index (χ4v) is 3.92. The number of hydrogen-bond acceptors (Lipinski definition) is 4. The van der Waals surface area contributed by atoms with Crippen LogP contribution in [0.5, 0.6) is 5.75 Å². The molecule has 4 rings (SSSR count). The number of methoxy groups -OCH3 is 1. The summed E-state index contributed by atoms with van der Waals surface area (Å²) in [6, 6.07) is 13.5. The lowest BCUT2D eigenvalue weighted by atomic mass is 10.1. The summed E-state index contributed by atoms with van der Waals surface area (Å²) in [5.74, 6) is 0.135. The molecule has 0 aliphatic carbocycles. The molecule has 2 N–H and O–H groups in total. The van der Waals surface area contributed by atoms with Gasteiger partial charge in [0, 0.05) is 31.1 Å². The second-order valence-corrected chi connectivity index (χ2v) is 7.83. The van der Waals surface area contributed by atoms with E-state index in [4.69, 9.17) is 4.74 Å². The number of H-pyrrole nitrogens is 1. The molecule has 2 aromatic carbocycles. The Morgan fingerprint density at radius 3 is 2.91 bits per heavy atom. The molecular weight excluding hydrogens is 411 g/mol. The Morgan fingerprint density at radius 2 is 2.09 bits per heavy atom. The third-order valence-corrected chi connectivity index (χ3v) is 5.65. The van der Waals surface area contributed by atoms with Crippen molar-refractivity contribution in [2.75, 3.05) is 13.7 Å². The molecule has 1 aliphatic rings. The van der Waals surface area contributed by atoms with Crippen molar-refractivity contribution in [1.82, 2.24) is 20.4 Å². The Balaban J connectivity index is 1.40. The number of rotatable bonds is 6. The molecule has 1 fully saturated rings. The van der Waals surface area contributed by atoms with Crippen LogP contribution in [0.15, 0.2) is 54.7 Å². The molecule has 1 unspecified atom stereocenters. The van der Waals surface area contributed by atoms with Crippen LogP contribution >= 0.6 is 0 Å². The third kappa shape index (κ3) is 4.96. The number of hydrogen-bond donors (Lipinski definition) is 2. The van der Waals surface area contributed by atoms with Crippen LogP contribution in [-0.2, 0) is 11.3 Å². The molecule has 166 valence electrons. The number of likely N-dealkylation sites (tertiary alicyclic amines) is 1. The Morgan fingerprint density at radius 1 is 1.25 bits per heavy atom. The second-order valence-electron chi connectivity index (χ2n) is 7.83. The highest BCUT2D eigenvalue weighted by Crippen LogP contribution is 2.23. The summed E-state index contributed by atoms with van der Waals surface area (Å²) in [5, 5.41) is 9.76. The van der Waals surface area contributed by atoms with Crippen LogP contribution in [0.25, 0.3) is 11.3 Å². The number of ether oxygens (including phenoxy) is 1. The molecule has 0 saturated carbocycles. The monoisotopic (exact) mass is 436 g/mol. The molecule has 2 heterocycles. The zero-order valence-corrected chi connectivity index (χ0v) is 17.8. The summed E-state index contributed by atoms with van der Waals surface area (Å²) in [6.45, 7) is 1.05. The summed E-state index contributed by atoms with van der Waals surface area (Å²) >= 11 is 0. The van der Waals surface area contributed by atoms with Crippen LogP contribution in [-0.4, -0.2) is 46.6 Å². The minimum absolute atomic E-state index is 0.0633. The molecular formula is C24H25FN4O3. The molecule has 1 saturated heterocycles. The summed E-state index contributed by atoms with van der Waals surface area (Å²) in [6.07, 6.45) is 3.00. The average Bonchev–Trinajstić information content (AvgIpc) is 3.23. The SMILES string of the molecule is COc1cccc(CN2CCC(NC(=O)c3cn[nH]c3-c3cccc(F)c3)CCC2=O)c1. The number of nitrogens with one attached hydrogen (secondary N) is 2. The van der Waals surface area contributed by atoms with E-state index in [0.717, 1.165) is 11.3 Å². The van der Waals surface area contributed by atoms with Gasteiger partial charge in [-0.2, -0.15) is 5.10 Å². The van der Waals surface area contributed by atoms with Gasteiger partial charge in [0.15, 0.2) is 0 Å². The van der Waals surface area contributed by atoms with Gasteiger partial charge in [-0.1, -0.05) is 24.3 Å². The van der Waals surface area contributed by atoms with Gasteiger partial charge in [0.1, 0.15) is 11.6 Å². The summed E-state index contributed by atoms with van der Waals surface area (Å²) in [4.78, 5) is 27.4. The zero-order valence-electron chi connectivity index (χ0n) is 17.8. The molecule has 2 amide bonds. The van der Waals surface area contributed by atoms with Gasteiger partial charge in [-0.05, 0) is 42.7 Å². The number of halogens is 1. The maximum atomic E-state index is 13.6. The highest BCUT2D eigenvalue weighted by molar-refractivity contribution is 5.99. The first-order valence-electron chi connectivity index (χ1n) is 10.5. The average molecular weight is 436 g/mol. The van der Waals surface area contributed by atoms with Crippen molar-refractivity contribution >= 4 is 11.8 Å². The molecule has 8 heteroatoms. The topological polar surface area (TPSA) is 87.3 Å². The number of carbonyl (C=O) groups excluding carboxylic acids is 2. The molecule has 0 radical (unpaired) electrons. The Bertz CT molecular complexity index is 1110. The first-order chi connectivity index (χ1) is 15.5. The normalized spacial score (nSPS) is 16.5. The lowest BCUT2D eigenvalue weighted by Crippen LogP contribution is -2.36. The Labute approximate surface area is 185 Å². The summed E-state index contributed by atoms with van der Waals surface area (Å²) < 4.78 is 18.9. The van der Waals surface area contributed by atoms with E-state index in [2.05, 4.69) is 15.5 Å². The number of aromatic nitrogens is 2. The second kappa shape index (κ2) is 9.64. The maximum absolute atomic E-state index is 13.6. The van der Waals surface area contributed by atoms with Crippen molar-refractivity contribution in [3.8, 4) is 17.0 Å². The van der Waals surface area contributed by atoms with E-state index in [0.29, 0.717) is 49.2 Å². The van der Waals surface area contributed by atoms with E-state index in [1.165, 1.54) is 18.3 Å².